The van der Waals surface area contributed by atoms with Crippen LogP contribution in [0.3, 0.4) is 0 Å². The van der Waals surface area contributed by atoms with Crippen LogP contribution in [-0.2, 0) is 0 Å². The number of hydrogen-bond donors (Lipinski definition) is 1. The van der Waals surface area contributed by atoms with E-state index in [1.54, 1.807) is 0 Å². The van der Waals surface area contributed by atoms with Crippen LogP contribution in [-0.4, -0.2) is 37.6 Å². The van der Waals surface area contributed by atoms with Crippen LogP contribution in [0, 0.1) is 17.8 Å². The number of nitrogens with zero attached hydrogens (tertiary/aromatic N) is 1. The van der Waals surface area contributed by atoms with Gasteiger partial charge in [0, 0.05) is 6.04 Å². The Balaban J connectivity index is 1.42. The molecule has 1 aliphatic heterocycles. The first kappa shape index (κ1) is 12.0. The normalized spacial score (nSPS) is 31.8. The fourth-order valence-electron chi connectivity index (χ4n) is 3.51. The van der Waals surface area contributed by atoms with Crippen molar-refractivity contribution in [3.63, 3.8) is 0 Å². The second-order valence-corrected chi connectivity index (χ2v) is 6.68. The van der Waals surface area contributed by atoms with Crippen molar-refractivity contribution in [3.8, 4) is 0 Å². The summed E-state index contributed by atoms with van der Waals surface area (Å²) < 4.78 is 0. The topological polar surface area (TPSA) is 15.3 Å². The summed E-state index contributed by atoms with van der Waals surface area (Å²) in [4.78, 5) is 2.49. The van der Waals surface area contributed by atoms with Crippen molar-refractivity contribution in [3.05, 3.63) is 0 Å². The van der Waals surface area contributed by atoms with Gasteiger partial charge < -0.3 is 10.2 Å². The van der Waals surface area contributed by atoms with Crippen molar-refractivity contribution in [2.75, 3.05) is 26.7 Å². The molecule has 1 heterocycles. The fourth-order valence-corrected chi connectivity index (χ4v) is 3.51. The predicted molar refractivity (Wildman–Crippen MR) is 72.1 cm³/mol. The summed E-state index contributed by atoms with van der Waals surface area (Å²) in [5.74, 6) is 3.24. The van der Waals surface area contributed by atoms with E-state index in [4.69, 9.17) is 0 Å². The van der Waals surface area contributed by atoms with E-state index in [1.165, 1.54) is 64.6 Å². The van der Waals surface area contributed by atoms with Crippen LogP contribution in [0.4, 0.5) is 0 Å². The summed E-state index contributed by atoms with van der Waals surface area (Å²) >= 11 is 0. The van der Waals surface area contributed by atoms with Gasteiger partial charge in [0.05, 0.1) is 0 Å². The van der Waals surface area contributed by atoms with Crippen molar-refractivity contribution >= 4 is 0 Å². The Hall–Kier alpha value is -0.0800. The monoisotopic (exact) mass is 236 g/mol. The van der Waals surface area contributed by atoms with Crippen molar-refractivity contribution in [2.24, 2.45) is 17.8 Å². The maximum Gasteiger partial charge on any atom is 0.00798 e. The van der Waals surface area contributed by atoms with Crippen LogP contribution in [0.2, 0.25) is 0 Å². The lowest BCUT2D eigenvalue weighted by molar-refractivity contribution is 0.327. The van der Waals surface area contributed by atoms with Gasteiger partial charge in [-0.25, -0.2) is 0 Å². The van der Waals surface area contributed by atoms with Gasteiger partial charge in [-0.1, -0.05) is 0 Å². The molecule has 0 amide bonds. The number of nitrogens with one attached hydrogen (secondary N) is 1. The van der Waals surface area contributed by atoms with E-state index in [9.17, 15) is 0 Å². The molecule has 0 aromatic rings. The maximum absolute atomic E-state index is 3.90. The molecule has 1 N–H and O–H groups in total. The van der Waals surface area contributed by atoms with Crippen LogP contribution in [0.25, 0.3) is 0 Å². The Morgan fingerprint density at radius 2 is 1.71 bits per heavy atom. The van der Waals surface area contributed by atoms with Crippen LogP contribution in [0.1, 0.15) is 44.9 Å². The average Bonchev–Trinajstić information content (AvgIpc) is 3.18. The molecule has 2 aliphatic carbocycles. The highest BCUT2D eigenvalue weighted by Gasteiger charge is 2.41. The quantitative estimate of drug-likeness (QED) is 0.789. The average molecular weight is 236 g/mol. The lowest BCUT2D eigenvalue weighted by atomic mass is 9.97. The number of hydrogen-bond acceptors (Lipinski definition) is 2. The van der Waals surface area contributed by atoms with Gasteiger partial charge in [0.1, 0.15) is 0 Å². The summed E-state index contributed by atoms with van der Waals surface area (Å²) in [6.45, 7) is 3.91. The Bertz CT molecular complexity index is 233. The second-order valence-electron chi connectivity index (χ2n) is 6.68. The molecule has 0 aromatic carbocycles. The van der Waals surface area contributed by atoms with Crippen LogP contribution in [0.5, 0.6) is 0 Å². The molecule has 1 atom stereocenters. The highest BCUT2D eigenvalue weighted by Crippen LogP contribution is 2.48. The van der Waals surface area contributed by atoms with E-state index in [2.05, 4.69) is 17.3 Å². The molecule has 3 aliphatic rings. The Kier molecular flexibility index (Phi) is 3.72. The molecule has 3 fully saturated rings. The smallest absolute Gasteiger partial charge is 0.00798 e. The summed E-state index contributed by atoms with van der Waals surface area (Å²) in [6.07, 6.45) is 10.2. The summed E-state index contributed by atoms with van der Waals surface area (Å²) in [7, 11) is 2.26. The van der Waals surface area contributed by atoms with E-state index in [1.807, 2.05) is 0 Å². The van der Waals surface area contributed by atoms with E-state index in [-0.39, 0.29) is 0 Å². The number of likely N-dealkylation sites (tertiary alicyclic amines) is 1. The third kappa shape index (κ3) is 3.45. The molecule has 0 radical (unpaired) electrons. The Morgan fingerprint density at radius 1 is 1.00 bits per heavy atom. The van der Waals surface area contributed by atoms with Gasteiger partial charge in [0.2, 0.25) is 0 Å². The molecule has 0 spiro atoms. The van der Waals surface area contributed by atoms with Crippen LogP contribution >= 0.6 is 0 Å². The summed E-state index contributed by atoms with van der Waals surface area (Å²) in [5, 5.41) is 3.90. The molecule has 3 rings (SSSR count). The molecule has 0 bridgehead atoms. The fraction of sp³-hybridized carbons (Fsp3) is 1.00. The van der Waals surface area contributed by atoms with Gasteiger partial charge in [-0.2, -0.15) is 0 Å². The molecule has 2 heteroatoms. The van der Waals surface area contributed by atoms with Gasteiger partial charge in [-0.05, 0) is 89.4 Å². The number of rotatable bonds is 5. The first-order valence-electron chi connectivity index (χ1n) is 7.75. The van der Waals surface area contributed by atoms with Crippen LogP contribution < -0.4 is 5.32 Å². The standard InChI is InChI=1S/C15H28N2/c1-17-9-2-3-14(8-10-17)16-11-15(12-4-5-12)13-6-7-13/h12-16H,2-11H2,1H3. The first-order chi connectivity index (χ1) is 8.33. The van der Waals surface area contributed by atoms with Crippen molar-refractivity contribution in [1.82, 2.24) is 10.2 Å². The van der Waals surface area contributed by atoms with Gasteiger partial charge in [-0.3, -0.25) is 0 Å². The Morgan fingerprint density at radius 3 is 2.35 bits per heavy atom. The highest BCUT2D eigenvalue weighted by molar-refractivity contribution is 4.93. The molecule has 1 saturated heterocycles. The maximum atomic E-state index is 3.90. The second kappa shape index (κ2) is 5.27. The molecule has 2 nitrogen and oxygen atoms in total. The minimum absolute atomic E-state index is 0.806. The summed E-state index contributed by atoms with van der Waals surface area (Å²) in [5.41, 5.74) is 0. The first-order valence-corrected chi connectivity index (χ1v) is 7.75. The van der Waals surface area contributed by atoms with E-state index in [0.29, 0.717) is 0 Å². The van der Waals surface area contributed by atoms with Gasteiger partial charge >= 0.3 is 0 Å². The molecule has 0 aromatic heterocycles. The van der Waals surface area contributed by atoms with Crippen molar-refractivity contribution in [2.45, 2.75) is 51.0 Å². The molecular formula is C15H28N2. The zero-order chi connectivity index (χ0) is 11.7. The molecular weight excluding hydrogens is 208 g/mol. The largest absolute Gasteiger partial charge is 0.314 e. The predicted octanol–water partition coefficient (Wildman–Crippen LogP) is 2.50. The lowest BCUT2D eigenvalue weighted by Gasteiger charge is -2.22. The molecule has 98 valence electrons. The minimum Gasteiger partial charge on any atom is -0.314 e. The van der Waals surface area contributed by atoms with Crippen LogP contribution in [0.15, 0.2) is 0 Å². The van der Waals surface area contributed by atoms with Gasteiger partial charge in [-0.15, -0.1) is 0 Å². The Labute approximate surface area is 106 Å². The van der Waals surface area contributed by atoms with Gasteiger partial charge in [0.25, 0.3) is 0 Å². The van der Waals surface area contributed by atoms with Gasteiger partial charge in [0.15, 0.2) is 0 Å². The molecule has 1 unspecified atom stereocenters. The third-order valence-corrected chi connectivity index (χ3v) is 5.05. The van der Waals surface area contributed by atoms with E-state index >= 15 is 0 Å². The zero-order valence-electron chi connectivity index (χ0n) is 11.3. The molecule has 17 heavy (non-hydrogen) atoms. The highest BCUT2D eigenvalue weighted by atomic mass is 15.1. The van der Waals surface area contributed by atoms with E-state index < -0.39 is 0 Å². The summed E-state index contributed by atoms with van der Waals surface area (Å²) in [6, 6.07) is 0.806. The minimum atomic E-state index is 0.806. The lowest BCUT2D eigenvalue weighted by Crippen LogP contribution is -2.35. The SMILES string of the molecule is CN1CCCC(NCC(C2CC2)C2CC2)CC1. The zero-order valence-corrected chi connectivity index (χ0v) is 11.3. The van der Waals surface area contributed by atoms with E-state index in [0.717, 1.165) is 23.8 Å². The third-order valence-electron chi connectivity index (χ3n) is 5.05. The van der Waals surface area contributed by atoms with Crippen molar-refractivity contribution < 1.29 is 0 Å². The van der Waals surface area contributed by atoms with Crippen molar-refractivity contribution in [1.29, 1.82) is 0 Å². The molecule has 2 saturated carbocycles.